The molecule has 0 saturated carbocycles. The molecule has 2 aromatic carbocycles. The smallest absolute Gasteiger partial charge is 0.328 e. The van der Waals surface area contributed by atoms with Gasteiger partial charge in [-0.05, 0) is 61.2 Å². The number of esters is 1. The van der Waals surface area contributed by atoms with Gasteiger partial charge in [0.2, 0.25) is 0 Å². The van der Waals surface area contributed by atoms with Gasteiger partial charge >= 0.3 is 11.9 Å². The van der Waals surface area contributed by atoms with Crippen molar-refractivity contribution in [1.29, 1.82) is 0 Å². The number of nitrogens with one attached hydrogen (secondary N) is 1. The Balaban J connectivity index is 1.90. The van der Waals surface area contributed by atoms with Crippen molar-refractivity contribution in [3.8, 4) is 11.5 Å². The molecule has 0 amide bonds. The van der Waals surface area contributed by atoms with Crippen molar-refractivity contribution in [1.82, 2.24) is 5.32 Å². The maximum Gasteiger partial charge on any atom is 0.328 e. The molecule has 5 N–H and O–H groups in total. The van der Waals surface area contributed by atoms with Crippen molar-refractivity contribution < 1.29 is 24.5 Å². The standard InChI is InChI=1S/C21H26N2O5/c1-2-11-23-19(20(25)26)13-15-5-9-17(10-6-15)28-21(27)18(22)12-14-3-7-16(24)8-4-14/h3-10,18-19,23-24H,2,11-13,22H2,1H3,(H,25,26)/t18-,19-/m0/s1. The molecule has 0 radical (unpaired) electrons. The van der Waals surface area contributed by atoms with Crippen LogP contribution < -0.4 is 15.8 Å². The molecule has 0 unspecified atom stereocenters. The molecular formula is C21H26N2O5. The fourth-order valence-corrected chi connectivity index (χ4v) is 2.66. The average Bonchev–Trinajstić information content (AvgIpc) is 2.68. The zero-order valence-corrected chi connectivity index (χ0v) is 15.8. The molecule has 0 bridgehead atoms. The summed E-state index contributed by atoms with van der Waals surface area (Å²) >= 11 is 0. The van der Waals surface area contributed by atoms with E-state index >= 15 is 0 Å². The Morgan fingerprint density at radius 2 is 1.61 bits per heavy atom. The number of aliphatic carboxylic acids is 1. The van der Waals surface area contributed by atoms with Gasteiger partial charge in [0.05, 0.1) is 0 Å². The van der Waals surface area contributed by atoms with Crippen LogP contribution in [0.1, 0.15) is 24.5 Å². The highest BCUT2D eigenvalue weighted by Crippen LogP contribution is 2.16. The summed E-state index contributed by atoms with van der Waals surface area (Å²) in [5, 5.41) is 21.5. The van der Waals surface area contributed by atoms with Crippen LogP contribution in [0.25, 0.3) is 0 Å². The molecule has 0 aliphatic carbocycles. The van der Waals surface area contributed by atoms with Crippen LogP contribution in [-0.4, -0.2) is 40.8 Å². The normalized spacial score (nSPS) is 12.9. The van der Waals surface area contributed by atoms with Crippen molar-refractivity contribution in [2.24, 2.45) is 5.73 Å². The molecule has 0 heterocycles. The number of ether oxygens (including phenoxy) is 1. The summed E-state index contributed by atoms with van der Waals surface area (Å²) in [5.41, 5.74) is 7.54. The molecule has 7 heteroatoms. The minimum absolute atomic E-state index is 0.148. The Bertz CT molecular complexity index is 774. The van der Waals surface area contributed by atoms with Crippen molar-refractivity contribution in [2.75, 3.05) is 6.54 Å². The maximum atomic E-state index is 12.2. The molecule has 28 heavy (non-hydrogen) atoms. The third-order valence-corrected chi connectivity index (χ3v) is 4.22. The van der Waals surface area contributed by atoms with E-state index in [0.29, 0.717) is 25.1 Å². The number of hydrogen-bond donors (Lipinski definition) is 4. The van der Waals surface area contributed by atoms with Crippen LogP contribution in [0.2, 0.25) is 0 Å². The van der Waals surface area contributed by atoms with E-state index in [4.69, 9.17) is 10.5 Å². The molecule has 2 rings (SSSR count). The average molecular weight is 386 g/mol. The number of phenolic OH excluding ortho intramolecular Hbond substituents is 1. The topological polar surface area (TPSA) is 122 Å². The van der Waals surface area contributed by atoms with Crippen molar-refractivity contribution >= 4 is 11.9 Å². The number of nitrogens with two attached hydrogens (primary N) is 1. The van der Waals surface area contributed by atoms with E-state index in [2.05, 4.69) is 5.32 Å². The van der Waals surface area contributed by atoms with Crippen LogP contribution in [0, 0.1) is 0 Å². The molecule has 0 aliphatic heterocycles. The Morgan fingerprint density at radius 3 is 2.18 bits per heavy atom. The number of carbonyl (C=O) groups excluding carboxylic acids is 1. The lowest BCUT2D eigenvalue weighted by Gasteiger charge is -2.15. The van der Waals surface area contributed by atoms with Gasteiger partial charge in [0, 0.05) is 0 Å². The number of carbonyl (C=O) groups is 2. The van der Waals surface area contributed by atoms with Crippen molar-refractivity contribution in [2.45, 2.75) is 38.3 Å². The molecule has 150 valence electrons. The summed E-state index contributed by atoms with van der Waals surface area (Å²) in [7, 11) is 0. The van der Waals surface area contributed by atoms with Gasteiger partial charge in [-0.15, -0.1) is 0 Å². The van der Waals surface area contributed by atoms with E-state index in [1.54, 1.807) is 36.4 Å². The molecule has 0 aliphatic rings. The van der Waals surface area contributed by atoms with Gasteiger partial charge in [-0.1, -0.05) is 31.2 Å². The number of aromatic hydroxyl groups is 1. The predicted molar refractivity (Wildman–Crippen MR) is 105 cm³/mol. The monoisotopic (exact) mass is 386 g/mol. The molecule has 0 saturated heterocycles. The summed E-state index contributed by atoms with van der Waals surface area (Å²) in [6.07, 6.45) is 1.48. The zero-order chi connectivity index (χ0) is 20.5. The lowest BCUT2D eigenvalue weighted by molar-refractivity contribution is -0.139. The Morgan fingerprint density at radius 1 is 1.04 bits per heavy atom. The largest absolute Gasteiger partial charge is 0.508 e. The van der Waals surface area contributed by atoms with Gasteiger partial charge in [0.25, 0.3) is 0 Å². The minimum Gasteiger partial charge on any atom is -0.508 e. The lowest BCUT2D eigenvalue weighted by atomic mass is 10.1. The highest BCUT2D eigenvalue weighted by atomic mass is 16.5. The predicted octanol–water partition coefficient (Wildman–Crippen LogP) is 1.86. The Kier molecular flexibility index (Phi) is 7.98. The van der Waals surface area contributed by atoms with Crippen LogP contribution in [0.15, 0.2) is 48.5 Å². The van der Waals surface area contributed by atoms with Gasteiger partial charge in [0.15, 0.2) is 0 Å². The summed E-state index contributed by atoms with van der Waals surface area (Å²) in [4.78, 5) is 23.5. The van der Waals surface area contributed by atoms with Gasteiger partial charge in [-0.25, -0.2) is 4.79 Å². The number of benzene rings is 2. The van der Waals surface area contributed by atoms with Gasteiger partial charge in [-0.2, -0.15) is 0 Å². The van der Waals surface area contributed by atoms with Crippen LogP contribution in [0.5, 0.6) is 11.5 Å². The zero-order valence-electron chi connectivity index (χ0n) is 15.8. The first-order valence-corrected chi connectivity index (χ1v) is 9.19. The highest BCUT2D eigenvalue weighted by Gasteiger charge is 2.18. The first-order valence-electron chi connectivity index (χ1n) is 9.19. The molecule has 0 spiro atoms. The summed E-state index contributed by atoms with van der Waals surface area (Å²) in [5.74, 6) is -0.962. The summed E-state index contributed by atoms with van der Waals surface area (Å²) in [6, 6.07) is 11.7. The fraction of sp³-hybridized carbons (Fsp3) is 0.333. The third kappa shape index (κ3) is 6.68. The lowest BCUT2D eigenvalue weighted by Crippen LogP contribution is -2.38. The second-order valence-corrected chi connectivity index (χ2v) is 6.59. The number of hydrogen-bond acceptors (Lipinski definition) is 6. The van der Waals surface area contributed by atoms with E-state index in [1.807, 2.05) is 6.92 Å². The molecule has 0 aromatic heterocycles. The van der Waals surface area contributed by atoms with E-state index in [9.17, 15) is 19.8 Å². The fourth-order valence-electron chi connectivity index (χ4n) is 2.66. The minimum atomic E-state index is -0.899. The second-order valence-electron chi connectivity index (χ2n) is 6.59. The second kappa shape index (κ2) is 10.4. The number of carboxylic acids is 1. The Hall–Kier alpha value is -2.90. The molecular weight excluding hydrogens is 360 g/mol. The van der Waals surface area contributed by atoms with E-state index in [1.165, 1.54) is 12.1 Å². The summed E-state index contributed by atoms with van der Waals surface area (Å²) < 4.78 is 5.30. The number of carboxylic acid groups (broad SMARTS) is 1. The third-order valence-electron chi connectivity index (χ3n) is 4.22. The van der Waals surface area contributed by atoms with Gasteiger partial charge in [-0.3, -0.25) is 4.79 Å². The number of phenols is 1. The molecule has 2 atom stereocenters. The number of rotatable bonds is 10. The van der Waals surface area contributed by atoms with Crippen molar-refractivity contribution in [3.63, 3.8) is 0 Å². The van der Waals surface area contributed by atoms with Crippen LogP contribution in [0.4, 0.5) is 0 Å². The van der Waals surface area contributed by atoms with Crippen LogP contribution in [-0.2, 0) is 22.4 Å². The van der Waals surface area contributed by atoms with Crippen LogP contribution in [0.3, 0.4) is 0 Å². The quantitative estimate of drug-likeness (QED) is 0.363. The van der Waals surface area contributed by atoms with E-state index in [0.717, 1.165) is 17.5 Å². The first kappa shape index (κ1) is 21.4. The van der Waals surface area contributed by atoms with E-state index in [-0.39, 0.29) is 5.75 Å². The van der Waals surface area contributed by atoms with Gasteiger partial charge < -0.3 is 26.0 Å². The van der Waals surface area contributed by atoms with Gasteiger partial charge in [0.1, 0.15) is 23.6 Å². The molecule has 0 fully saturated rings. The maximum absolute atomic E-state index is 12.2. The Labute approximate surface area is 164 Å². The molecule has 2 aromatic rings. The first-order chi connectivity index (χ1) is 13.4. The van der Waals surface area contributed by atoms with Crippen molar-refractivity contribution in [3.05, 3.63) is 59.7 Å². The van der Waals surface area contributed by atoms with E-state index < -0.39 is 24.0 Å². The summed E-state index contributed by atoms with van der Waals surface area (Å²) in [6.45, 7) is 2.60. The SMILES string of the molecule is CCCN[C@@H](Cc1ccc(OC(=O)[C@@H](N)Cc2ccc(O)cc2)cc1)C(=O)O. The van der Waals surface area contributed by atoms with Crippen LogP contribution >= 0.6 is 0 Å². The highest BCUT2D eigenvalue weighted by molar-refractivity contribution is 5.78. The molecule has 7 nitrogen and oxygen atoms in total.